The first-order valence-corrected chi connectivity index (χ1v) is 15.4. The molecule has 2 heterocycles. The summed E-state index contributed by atoms with van der Waals surface area (Å²) in [5, 5.41) is 5.19. The number of rotatable bonds is 11. The fourth-order valence-electron chi connectivity index (χ4n) is 4.41. The summed E-state index contributed by atoms with van der Waals surface area (Å²) in [6, 6.07) is 12.2. The topological polar surface area (TPSA) is 143 Å². The molecule has 2 aromatic carbocycles. The maximum absolute atomic E-state index is 13.6. The van der Waals surface area contributed by atoms with E-state index >= 15 is 0 Å². The number of halogens is 3. The molecular formula is C28H32F3N5O6S. The largest absolute Gasteiger partial charge is 0.434 e. The Morgan fingerprint density at radius 1 is 1.02 bits per heavy atom. The lowest BCUT2D eigenvalue weighted by Gasteiger charge is -2.32. The van der Waals surface area contributed by atoms with Gasteiger partial charge in [0.25, 0.3) is 5.89 Å². The third-order valence-corrected chi connectivity index (χ3v) is 8.15. The van der Waals surface area contributed by atoms with Crippen LogP contribution in [-0.4, -0.2) is 92.8 Å². The molecule has 232 valence electrons. The van der Waals surface area contributed by atoms with Crippen LogP contribution in [-0.2, 0) is 25.1 Å². The molecule has 11 nitrogen and oxygen atoms in total. The molecule has 3 aromatic rings. The summed E-state index contributed by atoms with van der Waals surface area (Å²) in [5.74, 6) is -3.29. The van der Waals surface area contributed by atoms with E-state index < -0.39 is 57.8 Å². The van der Waals surface area contributed by atoms with Crippen LogP contribution < -0.4 is 10.6 Å². The van der Waals surface area contributed by atoms with Crippen molar-refractivity contribution >= 4 is 38.6 Å². The molecule has 0 saturated carbocycles. The number of para-hydroxylation sites is 2. The molecule has 1 aliphatic rings. The highest BCUT2D eigenvalue weighted by Crippen LogP contribution is 2.18. The molecule has 0 radical (unpaired) electrons. The number of nitrogens with zero attached hydrogens (tertiary/aromatic N) is 3. The van der Waals surface area contributed by atoms with E-state index in [9.17, 15) is 31.2 Å². The molecule has 4 rings (SSSR count). The standard InChI is InChI=1S/C28H32F3N5O6S/c1-2-20(24(37)26-34-21-10-6-7-11-23(21)42-26)33-25(38)22(17-43(39,40)16-19-8-4-3-5-9-19)35-27(32-18-28(29,30)31)36-12-14-41-15-13-36/h3-11,20,22H,2,12-18H2,1H3,(H,32,35)(H,33,38)/t20?,22-/m0/s1. The number of benzene rings is 2. The molecule has 1 amide bonds. The van der Waals surface area contributed by atoms with Gasteiger partial charge in [-0.1, -0.05) is 49.4 Å². The second-order valence-corrected chi connectivity index (χ2v) is 12.0. The first kappa shape index (κ1) is 31.9. The summed E-state index contributed by atoms with van der Waals surface area (Å²) >= 11 is 0. The molecule has 1 saturated heterocycles. The Morgan fingerprint density at radius 2 is 1.70 bits per heavy atom. The van der Waals surface area contributed by atoms with Crippen molar-refractivity contribution in [2.45, 2.75) is 37.4 Å². The molecular weight excluding hydrogens is 591 g/mol. The Bertz CT molecular complexity index is 1510. The summed E-state index contributed by atoms with van der Waals surface area (Å²) < 4.78 is 76.7. The van der Waals surface area contributed by atoms with Crippen molar-refractivity contribution < 1.29 is 40.3 Å². The number of carbonyl (C=O) groups excluding carboxylic acids is 2. The fraction of sp³-hybridized carbons (Fsp3) is 0.429. The summed E-state index contributed by atoms with van der Waals surface area (Å²) in [6.45, 7) is 0.820. The van der Waals surface area contributed by atoms with Gasteiger partial charge < -0.3 is 24.7 Å². The number of alkyl halides is 3. The van der Waals surface area contributed by atoms with Crippen LogP contribution in [0.25, 0.3) is 11.1 Å². The molecule has 0 aliphatic carbocycles. The van der Waals surface area contributed by atoms with Crippen molar-refractivity contribution in [2.24, 2.45) is 4.99 Å². The number of aromatic nitrogens is 1. The van der Waals surface area contributed by atoms with Gasteiger partial charge in [-0.25, -0.2) is 18.4 Å². The number of sulfone groups is 1. The van der Waals surface area contributed by atoms with Crippen molar-refractivity contribution in [1.82, 2.24) is 20.5 Å². The third kappa shape index (κ3) is 9.25. The number of oxazole rings is 1. The molecule has 2 N–H and O–H groups in total. The number of Topliss-reactive ketones (excluding diaryl/α,β-unsaturated/α-hetero) is 1. The van der Waals surface area contributed by atoms with Crippen molar-refractivity contribution in [3.8, 4) is 0 Å². The highest BCUT2D eigenvalue weighted by Gasteiger charge is 2.34. The van der Waals surface area contributed by atoms with Crippen LogP contribution in [0.1, 0.15) is 29.6 Å². The first-order valence-electron chi connectivity index (χ1n) is 13.6. The summed E-state index contributed by atoms with van der Waals surface area (Å²) in [5.41, 5.74) is 1.28. The lowest BCUT2D eigenvalue weighted by molar-refractivity contribution is -0.122. The van der Waals surface area contributed by atoms with E-state index in [1.54, 1.807) is 61.5 Å². The minimum Gasteiger partial charge on any atom is -0.434 e. The van der Waals surface area contributed by atoms with Gasteiger partial charge in [-0.15, -0.1) is 0 Å². The smallest absolute Gasteiger partial charge is 0.408 e. The Hall–Kier alpha value is -3.98. The zero-order chi connectivity index (χ0) is 31.0. The normalized spacial score (nSPS) is 16.1. The van der Waals surface area contributed by atoms with Crippen LogP contribution >= 0.6 is 0 Å². The Morgan fingerprint density at radius 3 is 2.35 bits per heavy atom. The van der Waals surface area contributed by atoms with Crippen LogP contribution in [0.4, 0.5) is 13.2 Å². The lowest BCUT2D eigenvalue weighted by Crippen LogP contribution is -2.58. The number of hydrogen-bond acceptors (Lipinski definition) is 8. The van der Waals surface area contributed by atoms with E-state index in [1.165, 1.54) is 4.90 Å². The van der Waals surface area contributed by atoms with Crippen LogP contribution in [0.15, 0.2) is 64.0 Å². The van der Waals surface area contributed by atoms with Crippen LogP contribution in [0.2, 0.25) is 0 Å². The quantitative estimate of drug-likeness (QED) is 0.187. The van der Waals surface area contributed by atoms with Gasteiger partial charge in [0.05, 0.1) is 30.8 Å². The number of carbonyl (C=O) groups is 2. The number of hydrogen-bond donors (Lipinski definition) is 2. The number of ether oxygens (including phenoxy) is 1. The van der Waals surface area contributed by atoms with E-state index in [0.717, 1.165) is 0 Å². The number of amides is 1. The highest BCUT2D eigenvalue weighted by atomic mass is 32.2. The van der Waals surface area contributed by atoms with Crippen molar-refractivity contribution in [3.05, 3.63) is 66.1 Å². The van der Waals surface area contributed by atoms with E-state index in [0.29, 0.717) is 16.7 Å². The molecule has 0 spiro atoms. The predicted octanol–water partition coefficient (Wildman–Crippen LogP) is 2.73. The number of fused-ring (bicyclic) bond motifs is 1. The molecule has 1 fully saturated rings. The van der Waals surface area contributed by atoms with Gasteiger partial charge in [0.1, 0.15) is 18.1 Å². The van der Waals surface area contributed by atoms with Crippen molar-refractivity contribution in [1.29, 1.82) is 0 Å². The van der Waals surface area contributed by atoms with Crippen LogP contribution in [0.3, 0.4) is 0 Å². The Labute approximate surface area is 246 Å². The second kappa shape index (κ2) is 14.0. The van der Waals surface area contributed by atoms with Crippen molar-refractivity contribution in [3.63, 3.8) is 0 Å². The molecule has 15 heteroatoms. The molecule has 1 unspecified atom stereocenters. The maximum Gasteiger partial charge on any atom is 0.408 e. The number of guanidine groups is 1. The monoisotopic (exact) mass is 623 g/mol. The lowest BCUT2D eigenvalue weighted by atomic mass is 10.1. The average Bonchev–Trinajstić information content (AvgIpc) is 3.41. The predicted molar refractivity (Wildman–Crippen MR) is 152 cm³/mol. The number of aliphatic imine (C=N–C) groups is 1. The van der Waals surface area contributed by atoms with Gasteiger partial charge in [0, 0.05) is 13.1 Å². The zero-order valence-corrected chi connectivity index (χ0v) is 24.2. The van der Waals surface area contributed by atoms with E-state index in [-0.39, 0.29) is 44.6 Å². The second-order valence-electron chi connectivity index (χ2n) is 9.91. The van der Waals surface area contributed by atoms with Crippen LogP contribution in [0.5, 0.6) is 0 Å². The van der Waals surface area contributed by atoms with Crippen LogP contribution in [0, 0.1) is 0 Å². The SMILES string of the molecule is CCC(NC(=O)[C@H](CS(=O)(=O)Cc1ccccc1)NC(=NCC(F)(F)F)N1CCOCC1)C(=O)c1nc2ccccc2o1. The van der Waals surface area contributed by atoms with Gasteiger partial charge in [-0.05, 0) is 24.1 Å². The third-order valence-electron chi connectivity index (χ3n) is 6.53. The molecule has 2 atom stereocenters. The first-order chi connectivity index (χ1) is 20.4. The zero-order valence-electron chi connectivity index (χ0n) is 23.3. The van der Waals surface area contributed by atoms with Gasteiger partial charge in [0.2, 0.25) is 11.7 Å². The number of nitrogens with one attached hydrogen (secondary N) is 2. The van der Waals surface area contributed by atoms with E-state index in [4.69, 9.17) is 9.15 Å². The van der Waals surface area contributed by atoms with Gasteiger partial charge in [0.15, 0.2) is 21.4 Å². The molecule has 0 bridgehead atoms. The summed E-state index contributed by atoms with van der Waals surface area (Å²) in [4.78, 5) is 36.1. The summed E-state index contributed by atoms with van der Waals surface area (Å²) in [7, 11) is -3.99. The van der Waals surface area contributed by atoms with Gasteiger partial charge in [-0.2, -0.15) is 13.2 Å². The van der Waals surface area contributed by atoms with E-state index in [1.807, 2.05) is 0 Å². The average molecular weight is 624 g/mol. The van der Waals surface area contributed by atoms with E-state index in [2.05, 4.69) is 20.6 Å². The van der Waals surface area contributed by atoms with Gasteiger partial charge in [-0.3, -0.25) is 9.59 Å². The minimum absolute atomic E-state index is 0.102. The molecule has 43 heavy (non-hydrogen) atoms. The Kier molecular flexibility index (Phi) is 10.4. The van der Waals surface area contributed by atoms with Crippen molar-refractivity contribution in [2.75, 3.05) is 38.6 Å². The highest BCUT2D eigenvalue weighted by molar-refractivity contribution is 7.90. The Balaban J connectivity index is 1.60. The number of ketones is 1. The number of morpholine rings is 1. The fourth-order valence-corrected chi connectivity index (χ4v) is 5.97. The molecule has 1 aromatic heterocycles. The summed E-state index contributed by atoms with van der Waals surface area (Å²) in [6.07, 6.45) is -4.54. The van der Waals surface area contributed by atoms with Gasteiger partial charge >= 0.3 is 6.18 Å². The molecule has 1 aliphatic heterocycles. The minimum atomic E-state index is -4.64. The maximum atomic E-state index is 13.6.